The average Bonchev–Trinajstić information content (AvgIpc) is 3.46. The second-order valence-electron chi connectivity index (χ2n) is 6.12. The third-order valence-corrected chi connectivity index (χ3v) is 4.92. The van der Waals surface area contributed by atoms with Crippen molar-refractivity contribution in [3.63, 3.8) is 0 Å². The zero-order chi connectivity index (χ0) is 18.4. The number of halogens is 1. The number of benzene rings is 2. The van der Waals surface area contributed by atoms with E-state index in [9.17, 15) is 14.0 Å². The molecular weight excluding hydrogens is 353 g/mol. The molecule has 2 aromatic rings. The van der Waals surface area contributed by atoms with Gasteiger partial charge in [-0.15, -0.1) is 11.8 Å². The highest BCUT2D eigenvalue weighted by atomic mass is 32.2. The second kappa shape index (κ2) is 8.85. The van der Waals surface area contributed by atoms with Crippen molar-refractivity contribution in [3.8, 4) is 0 Å². The maximum atomic E-state index is 12.9. The molecule has 1 aliphatic rings. The van der Waals surface area contributed by atoms with E-state index < -0.39 is 12.1 Å². The van der Waals surface area contributed by atoms with Gasteiger partial charge >= 0.3 is 5.97 Å². The van der Waals surface area contributed by atoms with E-state index in [0.717, 1.165) is 17.7 Å². The van der Waals surface area contributed by atoms with E-state index in [0.29, 0.717) is 11.3 Å². The number of esters is 1. The summed E-state index contributed by atoms with van der Waals surface area (Å²) in [5.74, 6) is -0.505. The van der Waals surface area contributed by atoms with Gasteiger partial charge < -0.3 is 10.1 Å². The molecule has 1 aliphatic carbocycles. The highest BCUT2D eigenvalue weighted by Crippen LogP contribution is 2.24. The van der Waals surface area contributed by atoms with Crippen LogP contribution in [0.25, 0.3) is 0 Å². The first kappa shape index (κ1) is 18.5. The molecule has 2 aromatic carbocycles. The Hall–Kier alpha value is -2.34. The molecule has 0 aromatic heterocycles. The summed E-state index contributed by atoms with van der Waals surface area (Å²) in [6.45, 7) is 0. The molecule has 1 N–H and O–H groups in total. The average molecular weight is 373 g/mol. The Kier molecular flexibility index (Phi) is 6.28. The number of hydrogen-bond acceptors (Lipinski definition) is 4. The van der Waals surface area contributed by atoms with E-state index in [2.05, 4.69) is 5.32 Å². The summed E-state index contributed by atoms with van der Waals surface area (Å²) >= 11 is 1.44. The first-order chi connectivity index (χ1) is 12.6. The largest absolute Gasteiger partial charge is 0.447 e. The first-order valence-electron chi connectivity index (χ1n) is 8.55. The molecule has 0 unspecified atom stereocenters. The molecule has 6 heteroatoms. The molecule has 3 rings (SSSR count). The SMILES string of the molecule is O=C(CCSc1ccc(F)cc1)O[C@@H](C(=O)NC1CC1)c1ccccc1. The van der Waals surface area contributed by atoms with E-state index in [1.54, 1.807) is 24.3 Å². The lowest BCUT2D eigenvalue weighted by Gasteiger charge is -2.18. The number of carbonyl (C=O) groups excluding carboxylic acids is 2. The minimum absolute atomic E-state index is 0.169. The van der Waals surface area contributed by atoms with Crippen LogP contribution < -0.4 is 5.32 Å². The normalized spacial score (nSPS) is 14.5. The molecule has 1 atom stereocenters. The van der Waals surface area contributed by atoms with Crippen LogP contribution in [0, 0.1) is 5.82 Å². The van der Waals surface area contributed by atoms with Crippen molar-refractivity contribution in [3.05, 3.63) is 66.0 Å². The van der Waals surface area contributed by atoms with Gasteiger partial charge in [0.15, 0.2) is 0 Å². The van der Waals surface area contributed by atoms with Crippen LogP contribution in [-0.4, -0.2) is 23.7 Å². The summed E-state index contributed by atoms with van der Waals surface area (Å²) in [4.78, 5) is 25.5. The maximum absolute atomic E-state index is 12.9. The fourth-order valence-corrected chi connectivity index (χ4v) is 3.21. The summed E-state index contributed by atoms with van der Waals surface area (Å²) < 4.78 is 18.4. The van der Waals surface area contributed by atoms with Crippen molar-refractivity contribution in [2.75, 3.05) is 5.75 Å². The van der Waals surface area contributed by atoms with Gasteiger partial charge in [-0.1, -0.05) is 30.3 Å². The van der Waals surface area contributed by atoms with Gasteiger partial charge in [-0.3, -0.25) is 9.59 Å². The molecule has 136 valence electrons. The number of carbonyl (C=O) groups is 2. The Morgan fingerprint density at radius 2 is 1.81 bits per heavy atom. The monoisotopic (exact) mass is 373 g/mol. The van der Waals surface area contributed by atoms with Gasteiger partial charge in [0.25, 0.3) is 5.91 Å². The Bertz CT molecular complexity index is 747. The number of rotatable bonds is 8. The molecule has 0 saturated heterocycles. The predicted molar refractivity (Wildman–Crippen MR) is 98.2 cm³/mol. The summed E-state index contributed by atoms with van der Waals surface area (Å²) in [5, 5.41) is 2.89. The Labute approximate surface area is 156 Å². The van der Waals surface area contributed by atoms with Gasteiger partial charge in [-0.05, 0) is 37.1 Å². The maximum Gasteiger partial charge on any atom is 0.307 e. The van der Waals surface area contributed by atoms with E-state index in [1.807, 2.05) is 18.2 Å². The number of amides is 1. The van der Waals surface area contributed by atoms with Gasteiger partial charge in [0, 0.05) is 22.3 Å². The van der Waals surface area contributed by atoms with Crippen molar-refractivity contribution in [2.45, 2.75) is 36.3 Å². The molecule has 0 aliphatic heterocycles. The molecule has 0 radical (unpaired) electrons. The van der Waals surface area contributed by atoms with Gasteiger partial charge in [-0.2, -0.15) is 0 Å². The van der Waals surface area contributed by atoms with Crippen LogP contribution in [0.2, 0.25) is 0 Å². The molecule has 1 saturated carbocycles. The third kappa shape index (κ3) is 5.59. The smallest absolute Gasteiger partial charge is 0.307 e. The van der Waals surface area contributed by atoms with Crippen LogP contribution in [0.3, 0.4) is 0 Å². The highest BCUT2D eigenvalue weighted by molar-refractivity contribution is 7.99. The van der Waals surface area contributed by atoms with E-state index in [1.165, 1.54) is 23.9 Å². The standard InChI is InChI=1S/C20H20FNO3S/c21-15-6-10-17(11-7-15)26-13-12-18(23)25-19(14-4-2-1-3-5-14)20(24)22-16-8-9-16/h1-7,10-11,16,19H,8-9,12-13H2,(H,22,24)/t19-/m1/s1. The lowest BCUT2D eigenvalue weighted by molar-refractivity contribution is -0.156. The molecule has 1 amide bonds. The van der Waals surface area contributed by atoms with Crippen LogP contribution in [0.5, 0.6) is 0 Å². The summed E-state index contributed by atoms with van der Waals surface area (Å²) in [6, 6.07) is 15.3. The van der Waals surface area contributed by atoms with E-state index in [-0.39, 0.29) is 24.2 Å². The van der Waals surface area contributed by atoms with Gasteiger partial charge in [-0.25, -0.2) is 4.39 Å². The van der Waals surface area contributed by atoms with Gasteiger partial charge in [0.2, 0.25) is 6.10 Å². The van der Waals surface area contributed by atoms with Gasteiger partial charge in [0.05, 0.1) is 6.42 Å². The quantitative estimate of drug-likeness (QED) is 0.564. The third-order valence-electron chi connectivity index (χ3n) is 3.90. The summed E-state index contributed by atoms with van der Waals surface area (Å²) in [6.07, 6.45) is 1.17. The summed E-state index contributed by atoms with van der Waals surface area (Å²) in [5.41, 5.74) is 0.658. The Morgan fingerprint density at radius 3 is 2.46 bits per heavy atom. The zero-order valence-corrected chi connectivity index (χ0v) is 15.0. The number of nitrogens with one attached hydrogen (secondary N) is 1. The number of ether oxygens (including phenoxy) is 1. The fraction of sp³-hybridized carbons (Fsp3) is 0.300. The molecular formula is C20H20FNO3S. The van der Waals surface area contributed by atoms with Crippen molar-refractivity contribution < 1.29 is 18.7 Å². The lowest BCUT2D eigenvalue weighted by Crippen LogP contribution is -2.33. The molecule has 4 nitrogen and oxygen atoms in total. The van der Waals surface area contributed by atoms with Gasteiger partial charge in [0.1, 0.15) is 5.82 Å². The van der Waals surface area contributed by atoms with Crippen LogP contribution in [-0.2, 0) is 14.3 Å². The van der Waals surface area contributed by atoms with Crippen molar-refractivity contribution in [2.24, 2.45) is 0 Å². The van der Waals surface area contributed by atoms with Crippen molar-refractivity contribution >= 4 is 23.6 Å². The van der Waals surface area contributed by atoms with Crippen LogP contribution in [0.15, 0.2) is 59.5 Å². The van der Waals surface area contributed by atoms with Crippen LogP contribution >= 0.6 is 11.8 Å². The zero-order valence-electron chi connectivity index (χ0n) is 14.2. The molecule has 0 bridgehead atoms. The summed E-state index contributed by atoms with van der Waals surface area (Å²) in [7, 11) is 0. The molecule has 0 heterocycles. The van der Waals surface area contributed by atoms with Crippen molar-refractivity contribution in [1.29, 1.82) is 0 Å². The first-order valence-corrected chi connectivity index (χ1v) is 9.53. The van der Waals surface area contributed by atoms with Crippen LogP contribution in [0.4, 0.5) is 4.39 Å². The molecule has 26 heavy (non-hydrogen) atoms. The van der Waals surface area contributed by atoms with Crippen molar-refractivity contribution in [1.82, 2.24) is 5.32 Å². The minimum Gasteiger partial charge on any atom is -0.447 e. The Balaban J connectivity index is 1.54. The number of hydrogen-bond donors (Lipinski definition) is 1. The lowest BCUT2D eigenvalue weighted by atomic mass is 10.1. The predicted octanol–water partition coefficient (Wildman–Crippen LogP) is 3.87. The topological polar surface area (TPSA) is 55.4 Å². The highest BCUT2D eigenvalue weighted by Gasteiger charge is 2.30. The Morgan fingerprint density at radius 1 is 1.12 bits per heavy atom. The van der Waals surface area contributed by atoms with E-state index >= 15 is 0 Å². The minimum atomic E-state index is -0.930. The number of thioether (sulfide) groups is 1. The molecule has 1 fully saturated rings. The van der Waals surface area contributed by atoms with Crippen LogP contribution in [0.1, 0.15) is 30.9 Å². The van der Waals surface area contributed by atoms with E-state index in [4.69, 9.17) is 4.74 Å². The fourth-order valence-electron chi connectivity index (χ4n) is 2.38. The second-order valence-corrected chi connectivity index (χ2v) is 7.28. The molecule has 0 spiro atoms.